The molecular formula is C17H24N2O2S. The van der Waals surface area contributed by atoms with Gasteiger partial charge in [-0.05, 0) is 50.0 Å². The Morgan fingerprint density at radius 2 is 1.95 bits per heavy atom. The van der Waals surface area contributed by atoms with Crippen LogP contribution in [0.5, 0.6) is 0 Å². The molecule has 1 fully saturated rings. The highest BCUT2D eigenvalue weighted by Crippen LogP contribution is 2.40. The summed E-state index contributed by atoms with van der Waals surface area (Å²) in [7, 11) is 0. The second kappa shape index (κ2) is 6.41. The Bertz CT molecular complexity index is 588. The predicted molar refractivity (Wildman–Crippen MR) is 89.6 cm³/mol. The molecule has 0 spiro atoms. The largest absolute Gasteiger partial charge is 0.339 e. The zero-order valence-corrected chi connectivity index (χ0v) is 14.2. The van der Waals surface area contributed by atoms with Crippen molar-refractivity contribution in [3.8, 4) is 0 Å². The van der Waals surface area contributed by atoms with Gasteiger partial charge < -0.3 is 10.2 Å². The number of piperidine rings is 1. The van der Waals surface area contributed by atoms with Gasteiger partial charge in [0.2, 0.25) is 5.91 Å². The smallest absolute Gasteiger partial charge is 0.257 e. The third-order valence-electron chi connectivity index (χ3n) is 4.66. The maximum atomic E-state index is 13.0. The van der Waals surface area contributed by atoms with E-state index in [9.17, 15) is 9.59 Å². The molecule has 1 atom stereocenters. The molecule has 1 aliphatic carbocycles. The number of carbonyl (C=O) groups is 2. The third kappa shape index (κ3) is 3.05. The van der Waals surface area contributed by atoms with Crippen LogP contribution in [0.25, 0.3) is 0 Å². The van der Waals surface area contributed by atoms with Gasteiger partial charge in [0.1, 0.15) is 5.00 Å². The van der Waals surface area contributed by atoms with E-state index < -0.39 is 0 Å². The standard InChI is InChI=1S/C17H24N2O2S/c1-11-6-7-13-14(10-11)22-16(18-12(2)20)15(13)17(21)19-8-4-3-5-9-19/h11H,3-10H2,1-2H3,(H,18,20)/t11-/m0/s1. The summed E-state index contributed by atoms with van der Waals surface area (Å²) >= 11 is 1.61. The van der Waals surface area contributed by atoms with Crippen LogP contribution in [0.1, 0.15) is 60.3 Å². The molecule has 0 bridgehead atoms. The molecule has 0 aromatic carbocycles. The first-order valence-electron chi connectivity index (χ1n) is 8.27. The van der Waals surface area contributed by atoms with E-state index in [1.807, 2.05) is 4.90 Å². The average Bonchev–Trinajstić information content (AvgIpc) is 2.83. The number of anilines is 1. The highest BCUT2D eigenvalue weighted by molar-refractivity contribution is 7.17. The Balaban J connectivity index is 1.96. The number of nitrogens with one attached hydrogen (secondary N) is 1. The molecular weight excluding hydrogens is 296 g/mol. The van der Waals surface area contributed by atoms with Crippen molar-refractivity contribution in [2.24, 2.45) is 5.92 Å². The van der Waals surface area contributed by atoms with Crippen molar-refractivity contribution in [3.05, 3.63) is 16.0 Å². The fourth-order valence-corrected chi connectivity index (χ4v) is 4.93. The molecule has 0 unspecified atom stereocenters. The van der Waals surface area contributed by atoms with Crippen LogP contribution in [0, 0.1) is 5.92 Å². The van der Waals surface area contributed by atoms with E-state index in [2.05, 4.69) is 12.2 Å². The Morgan fingerprint density at radius 3 is 2.64 bits per heavy atom. The van der Waals surface area contributed by atoms with Crippen molar-refractivity contribution in [2.45, 2.75) is 52.4 Å². The molecule has 1 N–H and O–H groups in total. The summed E-state index contributed by atoms with van der Waals surface area (Å²) in [5.74, 6) is 0.684. The van der Waals surface area contributed by atoms with Gasteiger partial charge >= 0.3 is 0 Å². The van der Waals surface area contributed by atoms with Crippen LogP contribution in [-0.4, -0.2) is 29.8 Å². The second-order valence-electron chi connectivity index (χ2n) is 6.59. The van der Waals surface area contributed by atoms with E-state index in [0.29, 0.717) is 5.92 Å². The summed E-state index contributed by atoms with van der Waals surface area (Å²) in [5.41, 5.74) is 1.98. The first kappa shape index (κ1) is 15.5. The van der Waals surface area contributed by atoms with Gasteiger partial charge in [-0.3, -0.25) is 9.59 Å². The van der Waals surface area contributed by atoms with Gasteiger partial charge in [-0.1, -0.05) is 6.92 Å². The van der Waals surface area contributed by atoms with Crippen molar-refractivity contribution in [2.75, 3.05) is 18.4 Å². The van der Waals surface area contributed by atoms with Gasteiger partial charge in [0.25, 0.3) is 5.91 Å². The molecule has 1 aromatic rings. The zero-order valence-electron chi connectivity index (χ0n) is 13.4. The lowest BCUT2D eigenvalue weighted by Crippen LogP contribution is -2.36. The summed E-state index contributed by atoms with van der Waals surface area (Å²) in [6, 6.07) is 0. The first-order chi connectivity index (χ1) is 10.6. The number of thiophene rings is 1. The summed E-state index contributed by atoms with van der Waals surface area (Å²) in [6.45, 7) is 5.46. The molecule has 1 saturated heterocycles. The van der Waals surface area contributed by atoms with Crippen molar-refractivity contribution in [3.63, 3.8) is 0 Å². The minimum Gasteiger partial charge on any atom is -0.339 e. The average molecular weight is 320 g/mol. The number of nitrogens with zero attached hydrogens (tertiary/aromatic N) is 1. The number of likely N-dealkylation sites (tertiary alicyclic amines) is 1. The summed E-state index contributed by atoms with van der Waals surface area (Å²) < 4.78 is 0. The lowest BCUT2D eigenvalue weighted by molar-refractivity contribution is -0.114. The van der Waals surface area contributed by atoms with Crippen molar-refractivity contribution >= 4 is 28.2 Å². The molecule has 2 aliphatic rings. The molecule has 1 aliphatic heterocycles. The van der Waals surface area contributed by atoms with E-state index in [1.54, 1.807) is 11.3 Å². The minimum absolute atomic E-state index is 0.0978. The van der Waals surface area contributed by atoms with Gasteiger partial charge in [-0.2, -0.15) is 0 Å². The molecule has 0 radical (unpaired) electrons. The van der Waals surface area contributed by atoms with E-state index in [-0.39, 0.29) is 11.8 Å². The normalized spacial score (nSPS) is 21.4. The molecule has 2 amide bonds. The molecule has 3 rings (SSSR count). The zero-order chi connectivity index (χ0) is 15.7. The molecule has 2 heterocycles. The lowest BCUT2D eigenvalue weighted by Gasteiger charge is -2.28. The topological polar surface area (TPSA) is 49.4 Å². The Morgan fingerprint density at radius 1 is 1.23 bits per heavy atom. The van der Waals surface area contributed by atoms with Crippen LogP contribution in [0.4, 0.5) is 5.00 Å². The van der Waals surface area contributed by atoms with Crippen LogP contribution < -0.4 is 5.32 Å². The first-order valence-corrected chi connectivity index (χ1v) is 9.09. The molecule has 22 heavy (non-hydrogen) atoms. The predicted octanol–water partition coefficient (Wildman–Crippen LogP) is 3.46. The maximum Gasteiger partial charge on any atom is 0.257 e. The maximum absolute atomic E-state index is 13.0. The van der Waals surface area contributed by atoms with Gasteiger partial charge in [0.15, 0.2) is 0 Å². The Kier molecular flexibility index (Phi) is 4.52. The highest BCUT2D eigenvalue weighted by atomic mass is 32.1. The fraction of sp³-hybridized carbons (Fsp3) is 0.647. The summed E-state index contributed by atoms with van der Waals surface area (Å²) in [4.78, 5) is 27.8. The number of hydrogen-bond acceptors (Lipinski definition) is 3. The summed E-state index contributed by atoms with van der Waals surface area (Å²) in [5, 5.41) is 3.66. The van der Waals surface area contributed by atoms with E-state index in [0.717, 1.165) is 55.8 Å². The summed E-state index contributed by atoms with van der Waals surface area (Å²) in [6.07, 6.45) is 6.50. The third-order valence-corrected chi connectivity index (χ3v) is 5.83. The van der Waals surface area contributed by atoms with Crippen LogP contribution in [0.3, 0.4) is 0 Å². The van der Waals surface area contributed by atoms with E-state index in [1.165, 1.54) is 23.8 Å². The molecule has 120 valence electrons. The lowest BCUT2D eigenvalue weighted by atomic mass is 9.88. The number of rotatable bonds is 2. The number of fused-ring (bicyclic) bond motifs is 1. The SMILES string of the molecule is CC(=O)Nc1sc2c(c1C(=O)N1CCCCC1)CC[C@H](C)C2. The molecule has 0 saturated carbocycles. The number of carbonyl (C=O) groups excluding carboxylic acids is 2. The van der Waals surface area contributed by atoms with E-state index in [4.69, 9.17) is 0 Å². The molecule has 4 nitrogen and oxygen atoms in total. The van der Waals surface area contributed by atoms with Gasteiger partial charge in [-0.25, -0.2) is 0 Å². The van der Waals surface area contributed by atoms with Crippen molar-refractivity contribution in [1.82, 2.24) is 4.90 Å². The van der Waals surface area contributed by atoms with E-state index >= 15 is 0 Å². The fourth-order valence-electron chi connectivity index (χ4n) is 3.48. The van der Waals surface area contributed by atoms with Gasteiger partial charge in [-0.15, -0.1) is 11.3 Å². The highest BCUT2D eigenvalue weighted by Gasteiger charge is 2.30. The number of amides is 2. The van der Waals surface area contributed by atoms with Crippen LogP contribution in [-0.2, 0) is 17.6 Å². The number of hydrogen-bond donors (Lipinski definition) is 1. The molecule has 1 aromatic heterocycles. The minimum atomic E-state index is -0.0978. The molecule has 5 heteroatoms. The van der Waals surface area contributed by atoms with Crippen LogP contribution in [0.15, 0.2) is 0 Å². The Labute approximate surface area is 135 Å². The monoisotopic (exact) mass is 320 g/mol. The Hall–Kier alpha value is -1.36. The second-order valence-corrected chi connectivity index (χ2v) is 7.70. The van der Waals surface area contributed by atoms with Gasteiger partial charge in [0.05, 0.1) is 5.56 Å². The van der Waals surface area contributed by atoms with Crippen molar-refractivity contribution < 1.29 is 9.59 Å². The quantitative estimate of drug-likeness (QED) is 0.907. The van der Waals surface area contributed by atoms with Crippen molar-refractivity contribution in [1.29, 1.82) is 0 Å². The van der Waals surface area contributed by atoms with Crippen LogP contribution >= 0.6 is 11.3 Å². The van der Waals surface area contributed by atoms with Crippen LogP contribution in [0.2, 0.25) is 0 Å². The van der Waals surface area contributed by atoms with Gasteiger partial charge in [0, 0.05) is 24.9 Å².